The minimum absolute atomic E-state index is 0.305. The summed E-state index contributed by atoms with van der Waals surface area (Å²) in [6.45, 7) is 0. The fourth-order valence-corrected chi connectivity index (χ4v) is 1.71. The fraction of sp³-hybridized carbons (Fsp3) is 0. The van der Waals surface area contributed by atoms with Crippen LogP contribution in [0.3, 0.4) is 0 Å². The zero-order valence-electron chi connectivity index (χ0n) is 9.21. The first-order valence-corrected chi connectivity index (χ1v) is 5.29. The Morgan fingerprint density at radius 3 is 2.67 bits per heavy atom. The molecule has 1 aromatic carbocycles. The summed E-state index contributed by atoms with van der Waals surface area (Å²) in [6, 6.07) is 11.4. The van der Waals surface area contributed by atoms with Crippen molar-refractivity contribution in [3.8, 4) is 17.5 Å². The predicted molar refractivity (Wildman–Crippen MR) is 63.1 cm³/mol. The lowest BCUT2D eigenvalue weighted by molar-refractivity contribution is 0.628. The van der Waals surface area contributed by atoms with E-state index in [4.69, 9.17) is 5.26 Å². The van der Waals surface area contributed by atoms with Gasteiger partial charge in [-0.05, 0) is 36.4 Å². The fourth-order valence-electron chi connectivity index (χ4n) is 1.71. The number of benzene rings is 1. The number of fused-ring (bicyclic) bond motifs is 1. The second-order valence-electron chi connectivity index (χ2n) is 3.74. The number of hydrogen-bond acceptors (Lipinski definition) is 3. The summed E-state index contributed by atoms with van der Waals surface area (Å²) in [5.41, 5.74) is 1.67. The first kappa shape index (κ1) is 10.4. The molecule has 0 aliphatic heterocycles. The molecule has 4 nitrogen and oxygen atoms in total. The van der Waals surface area contributed by atoms with Gasteiger partial charge in [0.1, 0.15) is 11.9 Å². The van der Waals surface area contributed by atoms with Gasteiger partial charge in [-0.2, -0.15) is 5.26 Å². The van der Waals surface area contributed by atoms with Crippen LogP contribution in [0.2, 0.25) is 0 Å². The SMILES string of the molecule is N#Cc1cccn2nc(-c3ccc(F)cc3)nc12. The number of rotatable bonds is 1. The molecule has 2 heterocycles. The Balaban J connectivity index is 2.20. The molecule has 0 radical (unpaired) electrons. The summed E-state index contributed by atoms with van der Waals surface area (Å²) < 4.78 is 14.4. The standard InChI is InChI=1S/C13H7FN4/c14-11-5-3-9(4-6-11)12-16-13-10(8-15)2-1-7-18(13)17-12/h1-7H. The molecule has 86 valence electrons. The topological polar surface area (TPSA) is 54.0 Å². The van der Waals surface area contributed by atoms with E-state index in [0.717, 1.165) is 0 Å². The molecular formula is C13H7FN4. The van der Waals surface area contributed by atoms with Crippen LogP contribution in [-0.2, 0) is 0 Å². The van der Waals surface area contributed by atoms with Crippen molar-refractivity contribution < 1.29 is 4.39 Å². The number of halogens is 1. The average molecular weight is 238 g/mol. The van der Waals surface area contributed by atoms with Crippen molar-refractivity contribution in [2.45, 2.75) is 0 Å². The molecule has 0 fully saturated rings. The maximum atomic E-state index is 12.8. The van der Waals surface area contributed by atoms with E-state index in [2.05, 4.69) is 16.2 Å². The highest BCUT2D eigenvalue weighted by Crippen LogP contribution is 2.17. The molecule has 18 heavy (non-hydrogen) atoms. The Bertz CT molecular complexity index is 753. The third-order valence-electron chi connectivity index (χ3n) is 2.59. The maximum absolute atomic E-state index is 12.8. The Labute approximate surface area is 102 Å². The molecule has 0 unspecified atom stereocenters. The molecule has 0 aliphatic carbocycles. The van der Waals surface area contributed by atoms with E-state index in [1.165, 1.54) is 16.6 Å². The summed E-state index contributed by atoms with van der Waals surface area (Å²) in [4.78, 5) is 4.29. The Kier molecular flexibility index (Phi) is 2.27. The summed E-state index contributed by atoms with van der Waals surface area (Å²) in [5, 5.41) is 13.2. The molecule has 0 aliphatic rings. The molecule has 0 N–H and O–H groups in total. The van der Waals surface area contributed by atoms with Crippen LogP contribution in [0.4, 0.5) is 4.39 Å². The van der Waals surface area contributed by atoms with E-state index in [0.29, 0.717) is 22.6 Å². The van der Waals surface area contributed by atoms with E-state index in [1.807, 2.05) is 0 Å². The van der Waals surface area contributed by atoms with Crippen LogP contribution < -0.4 is 0 Å². The summed E-state index contributed by atoms with van der Waals surface area (Å²) in [7, 11) is 0. The lowest BCUT2D eigenvalue weighted by atomic mass is 10.2. The summed E-state index contributed by atoms with van der Waals surface area (Å²) >= 11 is 0. The first-order chi connectivity index (χ1) is 8.78. The third kappa shape index (κ3) is 1.60. The van der Waals surface area contributed by atoms with Crippen LogP contribution >= 0.6 is 0 Å². The van der Waals surface area contributed by atoms with Crippen molar-refractivity contribution in [1.29, 1.82) is 5.26 Å². The van der Waals surface area contributed by atoms with Crippen LogP contribution in [0.1, 0.15) is 5.56 Å². The zero-order valence-corrected chi connectivity index (χ0v) is 9.21. The monoisotopic (exact) mass is 238 g/mol. The van der Waals surface area contributed by atoms with Gasteiger partial charge in [0, 0.05) is 11.8 Å². The number of nitrogens with zero attached hydrogens (tertiary/aromatic N) is 4. The molecule has 0 saturated heterocycles. The number of aromatic nitrogens is 3. The van der Waals surface area contributed by atoms with Gasteiger partial charge in [0.2, 0.25) is 0 Å². The third-order valence-corrected chi connectivity index (χ3v) is 2.59. The highest BCUT2D eigenvalue weighted by atomic mass is 19.1. The minimum atomic E-state index is -0.305. The van der Waals surface area contributed by atoms with Gasteiger partial charge in [-0.3, -0.25) is 0 Å². The molecule has 0 atom stereocenters. The van der Waals surface area contributed by atoms with E-state index >= 15 is 0 Å². The Morgan fingerprint density at radius 1 is 1.17 bits per heavy atom. The van der Waals surface area contributed by atoms with Gasteiger partial charge in [-0.25, -0.2) is 13.9 Å². The molecule has 3 rings (SSSR count). The predicted octanol–water partition coefficient (Wildman–Crippen LogP) is 2.41. The van der Waals surface area contributed by atoms with Crippen LogP contribution in [-0.4, -0.2) is 14.6 Å². The lowest BCUT2D eigenvalue weighted by Gasteiger charge is -1.93. The smallest absolute Gasteiger partial charge is 0.182 e. The quantitative estimate of drug-likeness (QED) is 0.654. The van der Waals surface area contributed by atoms with Gasteiger partial charge in [-0.1, -0.05) is 0 Å². The van der Waals surface area contributed by atoms with Crippen LogP contribution in [0.25, 0.3) is 17.0 Å². The highest BCUT2D eigenvalue weighted by Gasteiger charge is 2.09. The Morgan fingerprint density at radius 2 is 1.94 bits per heavy atom. The van der Waals surface area contributed by atoms with Gasteiger partial charge >= 0.3 is 0 Å². The normalized spacial score (nSPS) is 10.4. The number of pyridine rings is 1. The van der Waals surface area contributed by atoms with Gasteiger partial charge in [0.25, 0.3) is 0 Å². The van der Waals surface area contributed by atoms with Crippen molar-refractivity contribution in [1.82, 2.24) is 14.6 Å². The molecular weight excluding hydrogens is 231 g/mol. The van der Waals surface area contributed by atoms with Crippen LogP contribution in [0, 0.1) is 17.1 Å². The van der Waals surface area contributed by atoms with Crippen LogP contribution in [0.5, 0.6) is 0 Å². The molecule has 0 spiro atoms. The van der Waals surface area contributed by atoms with Crippen molar-refractivity contribution in [2.75, 3.05) is 0 Å². The van der Waals surface area contributed by atoms with Crippen molar-refractivity contribution in [3.05, 3.63) is 54.0 Å². The second-order valence-corrected chi connectivity index (χ2v) is 3.74. The van der Waals surface area contributed by atoms with Crippen molar-refractivity contribution >= 4 is 5.65 Å². The largest absolute Gasteiger partial charge is 0.219 e. The maximum Gasteiger partial charge on any atom is 0.182 e. The van der Waals surface area contributed by atoms with E-state index < -0.39 is 0 Å². The van der Waals surface area contributed by atoms with E-state index in [9.17, 15) is 4.39 Å². The van der Waals surface area contributed by atoms with E-state index in [1.54, 1.807) is 30.5 Å². The molecule has 0 bridgehead atoms. The van der Waals surface area contributed by atoms with Crippen LogP contribution in [0.15, 0.2) is 42.6 Å². The number of nitriles is 1. The second kappa shape index (κ2) is 3.93. The van der Waals surface area contributed by atoms with E-state index in [-0.39, 0.29) is 5.82 Å². The molecule has 5 heteroatoms. The molecule has 0 amide bonds. The number of hydrogen-bond donors (Lipinski definition) is 0. The first-order valence-electron chi connectivity index (χ1n) is 5.29. The van der Waals surface area contributed by atoms with Gasteiger partial charge in [0.05, 0.1) is 5.56 Å². The van der Waals surface area contributed by atoms with Gasteiger partial charge in [0.15, 0.2) is 11.5 Å². The van der Waals surface area contributed by atoms with Crippen molar-refractivity contribution in [3.63, 3.8) is 0 Å². The average Bonchev–Trinajstić information content (AvgIpc) is 2.83. The van der Waals surface area contributed by atoms with Gasteiger partial charge in [-0.15, -0.1) is 5.10 Å². The molecule has 3 aromatic rings. The molecule has 2 aromatic heterocycles. The summed E-state index contributed by atoms with van der Waals surface area (Å²) in [6.07, 6.45) is 1.72. The van der Waals surface area contributed by atoms with Crippen molar-refractivity contribution in [2.24, 2.45) is 0 Å². The summed E-state index contributed by atoms with van der Waals surface area (Å²) in [5.74, 6) is 0.165. The molecule has 0 saturated carbocycles. The minimum Gasteiger partial charge on any atom is -0.219 e. The van der Waals surface area contributed by atoms with Gasteiger partial charge < -0.3 is 0 Å². The zero-order chi connectivity index (χ0) is 12.5. The lowest BCUT2D eigenvalue weighted by Crippen LogP contribution is -1.88. The Hall–Kier alpha value is -2.74. The highest BCUT2D eigenvalue weighted by molar-refractivity contribution is 5.62.